The number of amides is 1. The molecule has 0 aromatic heterocycles. The Balaban J connectivity index is 1.71. The first-order valence-electron chi connectivity index (χ1n) is 6.50. The molecule has 5 heteroatoms. The Bertz CT molecular complexity index is 617. The molecule has 0 spiro atoms. The third-order valence-electron chi connectivity index (χ3n) is 2.64. The molecule has 0 aliphatic carbocycles. The van der Waals surface area contributed by atoms with Crippen molar-refractivity contribution in [2.75, 3.05) is 5.75 Å². The van der Waals surface area contributed by atoms with Crippen molar-refractivity contribution in [2.45, 2.75) is 11.3 Å². The molecular formula is C16H15BrN2OS. The molecule has 0 atom stereocenters. The van der Waals surface area contributed by atoms with Crippen LogP contribution in [-0.2, 0) is 4.79 Å². The summed E-state index contributed by atoms with van der Waals surface area (Å²) in [6.07, 6.45) is 2.07. The molecule has 21 heavy (non-hydrogen) atoms. The lowest BCUT2D eigenvalue weighted by Crippen LogP contribution is -2.17. The van der Waals surface area contributed by atoms with E-state index in [0.717, 1.165) is 15.8 Å². The van der Waals surface area contributed by atoms with Gasteiger partial charge in [0, 0.05) is 27.1 Å². The maximum atomic E-state index is 11.7. The molecule has 0 aliphatic heterocycles. The SMILES string of the molecule is O=C(CCSc1ccccc1)N/N=C/c1ccccc1Br. The number of hydrazone groups is 1. The first kappa shape index (κ1) is 15.8. The molecule has 0 aliphatic rings. The van der Waals surface area contributed by atoms with Crippen molar-refractivity contribution < 1.29 is 4.79 Å². The van der Waals surface area contributed by atoms with Crippen LogP contribution in [0.3, 0.4) is 0 Å². The Hall–Kier alpha value is -1.59. The van der Waals surface area contributed by atoms with Crippen LogP contribution >= 0.6 is 27.7 Å². The van der Waals surface area contributed by atoms with E-state index in [-0.39, 0.29) is 5.91 Å². The Morgan fingerprint density at radius 1 is 1.14 bits per heavy atom. The van der Waals surface area contributed by atoms with Crippen molar-refractivity contribution >= 4 is 39.8 Å². The highest BCUT2D eigenvalue weighted by atomic mass is 79.9. The predicted octanol–water partition coefficient (Wildman–Crippen LogP) is 4.08. The summed E-state index contributed by atoms with van der Waals surface area (Å²) in [7, 11) is 0. The van der Waals surface area contributed by atoms with E-state index in [4.69, 9.17) is 0 Å². The van der Waals surface area contributed by atoms with Gasteiger partial charge in [0.2, 0.25) is 5.91 Å². The molecular weight excluding hydrogens is 348 g/mol. The normalized spacial score (nSPS) is 10.7. The van der Waals surface area contributed by atoms with Crippen LogP contribution in [0, 0.1) is 0 Å². The smallest absolute Gasteiger partial charge is 0.240 e. The monoisotopic (exact) mass is 362 g/mol. The largest absolute Gasteiger partial charge is 0.273 e. The van der Waals surface area contributed by atoms with Gasteiger partial charge in [-0.15, -0.1) is 11.8 Å². The number of hydrogen-bond acceptors (Lipinski definition) is 3. The van der Waals surface area contributed by atoms with Crippen LogP contribution < -0.4 is 5.43 Å². The Morgan fingerprint density at radius 3 is 2.62 bits per heavy atom. The Morgan fingerprint density at radius 2 is 1.86 bits per heavy atom. The van der Waals surface area contributed by atoms with Crippen molar-refractivity contribution in [3.05, 3.63) is 64.6 Å². The second kappa shape index (κ2) is 8.64. The standard InChI is InChI=1S/C16H15BrN2OS/c17-15-9-5-4-6-13(15)12-18-19-16(20)10-11-21-14-7-2-1-3-8-14/h1-9,12H,10-11H2,(H,19,20)/b18-12+. The fraction of sp³-hybridized carbons (Fsp3) is 0.125. The van der Waals surface area contributed by atoms with Crippen LogP contribution in [0.15, 0.2) is 69.1 Å². The molecule has 1 amide bonds. The number of benzene rings is 2. The zero-order valence-corrected chi connectivity index (χ0v) is 13.7. The molecule has 0 bridgehead atoms. The van der Waals surface area contributed by atoms with E-state index in [2.05, 4.69) is 26.5 Å². The summed E-state index contributed by atoms with van der Waals surface area (Å²) in [5.41, 5.74) is 3.47. The minimum Gasteiger partial charge on any atom is -0.273 e. The van der Waals surface area contributed by atoms with Gasteiger partial charge in [0.15, 0.2) is 0 Å². The van der Waals surface area contributed by atoms with Crippen molar-refractivity contribution in [3.63, 3.8) is 0 Å². The van der Waals surface area contributed by atoms with Gasteiger partial charge in [-0.05, 0) is 18.2 Å². The molecule has 108 valence electrons. The number of nitrogens with zero attached hydrogens (tertiary/aromatic N) is 1. The molecule has 2 rings (SSSR count). The highest BCUT2D eigenvalue weighted by Gasteiger charge is 2.00. The summed E-state index contributed by atoms with van der Waals surface area (Å²) in [5, 5.41) is 3.96. The molecule has 0 radical (unpaired) electrons. The van der Waals surface area contributed by atoms with Crippen LogP contribution in [0.5, 0.6) is 0 Å². The molecule has 0 saturated carbocycles. The molecule has 0 heterocycles. The zero-order valence-electron chi connectivity index (χ0n) is 11.3. The summed E-state index contributed by atoms with van der Waals surface area (Å²) < 4.78 is 0.947. The highest BCUT2D eigenvalue weighted by molar-refractivity contribution is 9.10. The van der Waals surface area contributed by atoms with Crippen molar-refractivity contribution in [2.24, 2.45) is 5.10 Å². The van der Waals surface area contributed by atoms with E-state index in [1.807, 2.05) is 54.6 Å². The molecule has 0 unspecified atom stereocenters. The van der Waals surface area contributed by atoms with Gasteiger partial charge in [-0.2, -0.15) is 5.10 Å². The number of carbonyl (C=O) groups is 1. The lowest BCUT2D eigenvalue weighted by molar-refractivity contribution is -0.120. The molecule has 0 saturated heterocycles. The summed E-state index contributed by atoms with van der Waals surface area (Å²) in [6, 6.07) is 17.7. The number of carbonyl (C=O) groups excluding carboxylic acids is 1. The topological polar surface area (TPSA) is 41.5 Å². The number of rotatable bonds is 6. The Kier molecular flexibility index (Phi) is 6.50. The fourth-order valence-electron chi connectivity index (χ4n) is 1.59. The van der Waals surface area contributed by atoms with Crippen LogP contribution in [0.25, 0.3) is 0 Å². The predicted molar refractivity (Wildman–Crippen MR) is 91.7 cm³/mol. The molecule has 1 N–H and O–H groups in total. The first-order valence-corrected chi connectivity index (χ1v) is 8.28. The van der Waals surface area contributed by atoms with Crippen LogP contribution in [0.1, 0.15) is 12.0 Å². The van der Waals surface area contributed by atoms with E-state index in [0.29, 0.717) is 6.42 Å². The molecule has 2 aromatic carbocycles. The summed E-state index contributed by atoms with van der Waals surface area (Å²) in [6.45, 7) is 0. The first-order chi connectivity index (χ1) is 10.3. The van der Waals surface area contributed by atoms with Gasteiger partial charge in [-0.25, -0.2) is 5.43 Å². The third kappa shape index (κ3) is 5.73. The van der Waals surface area contributed by atoms with E-state index in [1.165, 1.54) is 4.90 Å². The highest BCUT2D eigenvalue weighted by Crippen LogP contribution is 2.17. The van der Waals surface area contributed by atoms with Gasteiger partial charge < -0.3 is 0 Å². The lowest BCUT2D eigenvalue weighted by Gasteiger charge is -2.01. The minimum absolute atomic E-state index is 0.0817. The Labute approximate surface area is 137 Å². The second-order valence-electron chi connectivity index (χ2n) is 4.23. The van der Waals surface area contributed by atoms with Crippen molar-refractivity contribution in [1.82, 2.24) is 5.43 Å². The van der Waals surface area contributed by atoms with Crippen molar-refractivity contribution in [3.8, 4) is 0 Å². The number of thioether (sulfide) groups is 1. The number of halogens is 1. The van der Waals surface area contributed by atoms with Crippen LogP contribution in [0.2, 0.25) is 0 Å². The van der Waals surface area contributed by atoms with Crippen LogP contribution in [0.4, 0.5) is 0 Å². The van der Waals surface area contributed by atoms with Gasteiger partial charge in [-0.3, -0.25) is 4.79 Å². The summed E-state index contributed by atoms with van der Waals surface area (Å²) in [5.74, 6) is 0.655. The van der Waals surface area contributed by atoms with E-state index in [1.54, 1.807) is 18.0 Å². The minimum atomic E-state index is -0.0817. The maximum Gasteiger partial charge on any atom is 0.240 e. The molecule has 2 aromatic rings. The number of nitrogens with one attached hydrogen (secondary N) is 1. The number of hydrogen-bond donors (Lipinski definition) is 1. The quantitative estimate of drug-likeness (QED) is 0.477. The summed E-state index contributed by atoms with van der Waals surface area (Å²) in [4.78, 5) is 12.8. The van der Waals surface area contributed by atoms with Gasteiger partial charge in [0.25, 0.3) is 0 Å². The average Bonchev–Trinajstić information content (AvgIpc) is 2.50. The van der Waals surface area contributed by atoms with Gasteiger partial charge in [-0.1, -0.05) is 52.3 Å². The van der Waals surface area contributed by atoms with Crippen LogP contribution in [-0.4, -0.2) is 17.9 Å². The average molecular weight is 363 g/mol. The van der Waals surface area contributed by atoms with Gasteiger partial charge in [0.05, 0.1) is 6.21 Å². The molecule has 3 nitrogen and oxygen atoms in total. The fourth-order valence-corrected chi connectivity index (χ4v) is 2.85. The van der Waals surface area contributed by atoms with E-state index in [9.17, 15) is 4.79 Å². The lowest BCUT2D eigenvalue weighted by atomic mass is 10.2. The van der Waals surface area contributed by atoms with Gasteiger partial charge in [0.1, 0.15) is 0 Å². The summed E-state index contributed by atoms with van der Waals surface area (Å²) >= 11 is 5.08. The maximum absolute atomic E-state index is 11.7. The van der Waals surface area contributed by atoms with Gasteiger partial charge >= 0.3 is 0 Å². The second-order valence-corrected chi connectivity index (χ2v) is 6.25. The third-order valence-corrected chi connectivity index (χ3v) is 4.38. The molecule has 0 fully saturated rings. The van der Waals surface area contributed by atoms with E-state index < -0.39 is 0 Å². The van der Waals surface area contributed by atoms with E-state index >= 15 is 0 Å². The van der Waals surface area contributed by atoms with Crippen molar-refractivity contribution in [1.29, 1.82) is 0 Å². The zero-order chi connectivity index (χ0) is 14.9.